The monoisotopic (exact) mass is 279 g/mol. The lowest BCUT2D eigenvalue weighted by Gasteiger charge is -2.26. The van der Waals surface area contributed by atoms with E-state index in [0.717, 1.165) is 18.8 Å². The summed E-state index contributed by atoms with van der Waals surface area (Å²) in [7, 11) is 0. The third-order valence-corrected chi connectivity index (χ3v) is 4.23. The number of thioether (sulfide) groups is 1. The molecule has 0 amide bonds. The Morgan fingerprint density at radius 3 is 2.79 bits per heavy atom. The normalized spacial score (nSPS) is 16.3. The van der Waals surface area contributed by atoms with Gasteiger partial charge < -0.3 is 11.1 Å². The van der Waals surface area contributed by atoms with Crippen molar-refractivity contribution in [3.8, 4) is 0 Å². The number of nitrogens with two attached hydrogens (primary N) is 1. The largest absolute Gasteiger partial charge is 0.398 e. The van der Waals surface area contributed by atoms with E-state index in [1.807, 2.05) is 23.9 Å². The maximum absolute atomic E-state index is 11.3. The molecule has 0 radical (unpaired) electrons. The average Bonchev–Trinajstić information content (AvgIpc) is 2.39. The second kappa shape index (κ2) is 6.82. The zero-order valence-electron chi connectivity index (χ0n) is 11.3. The average molecular weight is 279 g/mol. The summed E-state index contributed by atoms with van der Waals surface area (Å²) in [5.41, 5.74) is 7.99. The van der Waals surface area contributed by atoms with Crippen molar-refractivity contribution in [2.45, 2.75) is 6.92 Å². The Morgan fingerprint density at radius 2 is 2.16 bits per heavy atom. The summed E-state index contributed by atoms with van der Waals surface area (Å²) in [6.07, 6.45) is 0. The van der Waals surface area contributed by atoms with Gasteiger partial charge >= 0.3 is 0 Å². The smallest absolute Gasteiger partial charge is 0.161 e. The number of hydrogen-bond acceptors (Lipinski definition) is 5. The van der Waals surface area contributed by atoms with E-state index in [4.69, 9.17) is 5.73 Å². The summed E-state index contributed by atoms with van der Waals surface area (Å²) >= 11 is 2.02. The molecule has 3 N–H and O–H groups in total. The van der Waals surface area contributed by atoms with Gasteiger partial charge in [0.15, 0.2) is 5.78 Å². The van der Waals surface area contributed by atoms with Crippen LogP contribution in [0.25, 0.3) is 0 Å². The summed E-state index contributed by atoms with van der Waals surface area (Å²) in [6, 6.07) is 5.54. The molecule has 1 aliphatic heterocycles. The summed E-state index contributed by atoms with van der Waals surface area (Å²) in [5.74, 6) is 2.48. The van der Waals surface area contributed by atoms with Gasteiger partial charge in [-0.05, 0) is 25.1 Å². The van der Waals surface area contributed by atoms with Gasteiger partial charge in [0, 0.05) is 54.6 Å². The molecular formula is C14H21N3OS. The minimum Gasteiger partial charge on any atom is -0.398 e. The van der Waals surface area contributed by atoms with Crippen LogP contribution in [0.2, 0.25) is 0 Å². The fourth-order valence-electron chi connectivity index (χ4n) is 2.18. The number of carbonyl (C=O) groups is 1. The standard InChI is InChI=1S/C14H21N3OS/c1-11(18)13-3-2-12(10-14(13)15)16-4-5-17-6-8-19-9-7-17/h2-3,10,16H,4-9,15H2,1H3. The SMILES string of the molecule is CC(=O)c1ccc(NCCN2CCSCC2)cc1N. The third-order valence-electron chi connectivity index (χ3n) is 3.29. The molecule has 0 atom stereocenters. The number of hydrogen-bond donors (Lipinski definition) is 2. The summed E-state index contributed by atoms with van der Waals surface area (Å²) in [6.45, 7) is 5.85. The second-order valence-electron chi connectivity index (χ2n) is 4.74. The summed E-state index contributed by atoms with van der Waals surface area (Å²) in [4.78, 5) is 13.8. The molecule has 0 unspecified atom stereocenters. The first-order valence-electron chi connectivity index (χ1n) is 6.61. The highest BCUT2D eigenvalue weighted by molar-refractivity contribution is 7.99. The van der Waals surface area contributed by atoms with Gasteiger partial charge in [0.1, 0.15) is 0 Å². The van der Waals surface area contributed by atoms with Crippen molar-refractivity contribution in [1.82, 2.24) is 4.90 Å². The molecule has 0 aliphatic carbocycles. The molecule has 1 aliphatic rings. The fraction of sp³-hybridized carbons (Fsp3) is 0.500. The fourth-order valence-corrected chi connectivity index (χ4v) is 3.16. The molecule has 1 aromatic carbocycles. The van der Waals surface area contributed by atoms with Crippen LogP contribution in [0, 0.1) is 0 Å². The number of Topliss-reactive ketones (excluding diaryl/α,β-unsaturated/α-hetero) is 1. The lowest BCUT2D eigenvalue weighted by Crippen LogP contribution is -2.36. The number of benzene rings is 1. The number of rotatable bonds is 5. The van der Waals surface area contributed by atoms with E-state index >= 15 is 0 Å². The maximum Gasteiger partial charge on any atom is 0.161 e. The highest BCUT2D eigenvalue weighted by Gasteiger charge is 2.09. The van der Waals surface area contributed by atoms with Crippen LogP contribution in [0.3, 0.4) is 0 Å². The van der Waals surface area contributed by atoms with Gasteiger partial charge in [0.05, 0.1) is 0 Å². The van der Waals surface area contributed by atoms with E-state index in [0.29, 0.717) is 11.3 Å². The molecule has 1 saturated heterocycles. The highest BCUT2D eigenvalue weighted by Crippen LogP contribution is 2.18. The van der Waals surface area contributed by atoms with Crippen LogP contribution in [-0.4, -0.2) is 48.4 Å². The Bertz CT molecular complexity index is 444. The van der Waals surface area contributed by atoms with Crippen LogP contribution in [0.5, 0.6) is 0 Å². The second-order valence-corrected chi connectivity index (χ2v) is 5.96. The lowest BCUT2D eigenvalue weighted by atomic mass is 10.1. The van der Waals surface area contributed by atoms with E-state index in [1.165, 1.54) is 31.5 Å². The van der Waals surface area contributed by atoms with Crippen LogP contribution >= 0.6 is 11.8 Å². The molecule has 0 spiro atoms. The molecule has 0 bridgehead atoms. The number of carbonyl (C=O) groups excluding carboxylic acids is 1. The molecule has 0 saturated carbocycles. The Kier molecular flexibility index (Phi) is 5.10. The van der Waals surface area contributed by atoms with Crippen LogP contribution < -0.4 is 11.1 Å². The Balaban J connectivity index is 1.82. The molecule has 0 aromatic heterocycles. The molecule has 104 valence electrons. The minimum atomic E-state index is 0.00914. The number of ketones is 1. The molecule has 1 heterocycles. The number of nitrogens with zero attached hydrogens (tertiary/aromatic N) is 1. The zero-order chi connectivity index (χ0) is 13.7. The quantitative estimate of drug-likeness (QED) is 0.637. The van der Waals surface area contributed by atoms with Crippen molar-refractivity contribution in [2.75, 3.05) is 48.7 Å². The van der Waals surface area contributed by atoms with Gasteiger partial charge in [0.2, 0.25) is 0 Å². The maximum atomic E-state index is 11.3. The van der Waals surface area contributed by atoms with Crippen LogP contribution in [0.1, 0.15) is 17.3 Å². The number of nitrogen functional groups attached to an aromatic ring is 1. The van der Waals surface area contributed by atoms with E-state index in [-0.39, 0.29) is 5.78 Å². The van der Waals surface area contributed by atoms with Crippen molar-refractivity contribution in [2.24, 2.45) is 0 Å². The molecule has 5 heteroatoms. The predicted octanol–water partition coefficient (Wildman–Crippen LogP) is 1.93. The van der Waals surface area contributed by atoms with Gasteiger partial charge in [-0.25, -0.2) is 0 Å². The summed E-state index contributed by atoms with van der Waals surface area (Å²) in [5, 5.41) is 3.36. The summed E-state index contributed by atoms with van der Waals surface area (Å²) < 4.78 is 0. The van der Waals surface area contributed by atoms with E-state index in [9.17, 15) is 4.79 Å². The van der Waals surface area contributed by atoms with Gasteiger partial charge in [-0.3, -0.25) is 9.69 Å². The first kappa shape index (κ1) is 14.2. The van der Waals surface area contributed by atoms with Gasteiger partial charge in [-0.15, -0.1) is 0 Å². The Labute approximate surface area is 118 Å². The third kappa shape index (κ3) is 4.14. The van der Waals surface area contributed by atoms with Crippen molar-refractivity contribution < 1.29 is 4.79 Å². The molecule has 2 rings (SSSR count). The zero-order valence-corrected chi connectivity index (χ0v) is 12.1. The lowest BCUT2D eigenvalue weighted by molar-refractivity contribution is 0.101. The topological polar surface area (TPSA) is 58.4 Å². The van der Waals surface area contributed by atoms with Crippen molar-refractivity contribution in [3.63, 3.8) is 0 Å². The van der Waals surface area contributed by atoms with Crippen molar-refractivity contribution >= 4 is 28.9 Å². The molecular weight excluding hydrogens is 258 g/mol. The molecule has 1 aromatic rings. The van der Waals surface area contributed by atoms with Crippen molar-refractivity contribution in [3.05, 3.63) is 23.8 Å². The highest BCUT2D eigenvalue weighted by atomic mass is 32.2. The predicted molar refractivity (Wildman–Crippen MR) is 83.1 cm³/mol. The van der Waals surface area contributed by atoms with E-state index in [1.54, 1.807) is 6.07 Å². The van der Waals surface area contributed by atoms with Crippen LogP contribution in [0.4, 0.5) is 11.4 Å². The van der Waals surface area contributed by atoms with Crippen molar-refractivity contribution in [1.29, 1.82) is 0 Å². The Morgan fingerprint density at radius 1 is 1.42 bits per heavy atom. The van der Waals surface area contributed by atoms with Crippen LogP contribution in [-0.2, 0) is 0 Å². The minimum absolute atomic E-state index is 0.00914. The first-order valence-corrected chi connectivity index (χ1v) is 7.77. The first-order chi connectivity index (χ1) is 9.16. The molecule has 4 nitrogen and oxygen atoms in total. The Hall–Kier alpha value is -1.20. The molecule has 19 heavy (non-hydrogen) atoms. The van der Waals surface area contributed by atoms with Crippen LogP contribution in [0.15, 0.2) is 18.2 Å². The van der Waals surface area contributed by atoms with E-state index < -0.39 is 0 Å². The van der Waals surface area contributed by atoms with Gasteiger partial charge in [-0.1, -0.05) is 0 Å². The van der Waals surface area contributed by atoms with Gasteiger partial charge in [-0.2, -0.15) is 11.8 Å². The van der Waals surface area contributed by atoms with Gasteiger partial charge in [0.25, 0.3) is 0 Å². The van der Waals surface area contributed by atoms with E-state index in [2.05, 4.69) is 10.2 Å². The molecule has 1 fully saturated rings. The number of anilines is 2. The number of nitrogens with one attached hydrogen (secondary N) is 1.